The molecule has 122 valence electrons. The molecule has 7 heteroatoms. The summed E-state index contributed by atoms with van der Waals surface area (Å²) >= 11 is 5.84. The van der Waals surface area contributed by atoms with Crippen LogP contribution in [-0.4, -0.2) is 12.5 Å². The Labute approximate surface area is 135 Å². The highest BCUT2D eigenvalue weighted by Crippen LogP contribution is 2.32. The molecule has 23 heavy (non-hydrogen) atoms. The lowest BCUT2D eigenvalue weighted by atomic mass is 10.1. The number of benzene rings is 1. The van der Waals surface area contributed by atoms with Gasteiger partial charge in [-0.3, -0.25) is 4.79 Å². The molecule has 3 nitrogen and oxygen atoms in total. The van der Waals surface area contributed by atoms with E-state index < -0.39 is 17.6 Å². The van der Waals surface area contributed by atoms with Gasteiger partial charge in [-0.1, -0.05) is 11.6 Å². The van der Waals surface area contributed by atoms with Crippen molar-refractivity contribution in [3.8, 4) is 0 Å². The quantitative estimate of drug-likeness (QED) is 0.821. The first-order valence-corrected chi connectivity index (χ1v) is 7.09. The predicted octanol–water partition coefficient (Wildman–Crippen LogP) is 4.32. The maximum Gasteiger partial charge on any atom is 0.416 e. The molecule has 1 aromatic heterocycles. The van der Waals surface area contributed by atoms with Crippen LogP contribution in [0.3, 0.4) is 0 Å². The normalized spacial score (nSPS) is 11.8. The molecule has 1 heterocycles. The smallest absolute Gasteiger partial charge is 0.416 e. The molecule has 0 aliphatic heterocycles. The van der Waals surface area contributed by atoms with Crippen LogP contribution in [0.2, 0.25) is 5.02 Å². The van der Waals surface area contributed by atoms with Gasteiger partial charge in [0.1, 0.15) is 5.76 Å². The highest BCUT2D eigenvalue weighted by Gasteiger charge is 2.30. The topological polar surface area (TPSA) is 42.2 Å². The van der Waals surface area contributed by atoms with Crippen molar-refractivity contribution in [1.82, 2.24) is 5.32 Å². The van der Waals surface area contributed by atoms with Crippen LogP contribution in [0.1, 0.15) is 16.9 Å². The van der Waals surface area contributed by atoms with Crippen LogP contribution >= 0.6 is 11.6 Å². The van der Waals surface area contributed by atoms with Crippen molar-refractivity contribution in [3.63, 3.8) is 0 Å². The zero-order valence-corrected chi connectivity index (χ0v) is 12.6. The zero-order chi connectivity index (χ0) is 16.9. The lowest BCUT2D eigenvalue weighted by Gasteiger charge is -2.08. The van der Waals surface area contributed by atoms with E-state index in [-0.39, 0.29) is 10.6 Å². The number of furan rings is 1. The molecular formula is C16H13ClF3NO2. The standard InChI is InChI=1S/C16H13ClF3NO2/c17-14-5-4-12(16(18,19)20)10-11(14)3-6-15(22)21-8-7-13-2-1-9-23-13/h1-6,9-10H,7-8H2,(H,21,22)/b6-3+. The van der Waals surface area contributed by atoms with Crippen LogP contribution in [0.5, 0.6) is 0 Å². The number of amides is 1. The maximum atomic E-state index is 12.6. The second kappa shape index (κ2) is 7.37. The molecule has 0 aliphatic rings. The van der Waals surface area contributed by atoms with E-state index in [4.69, 9.17) is 16.0 Å². The Morgan fingerprint density at radius 2 is 2.09 bits per heavy atom. The number of rotatable bonds is 5. The van der Waals surface area contributed by atoms with Crippen LogP contribution in [-0.2, 0) is 17.4 Å². The first-order chi connectivity index (χ1) is 10.9. The Morgan fingerprint density at radius 3 is 2.74 bits per heavy atom. The summed E-state index contributed by atoms with van der Waals surface area (Å²) in [6, 6.07) is 6.47. The molecule has 1 aromatic carbocycles. The van der Waals surface area contributed by atoms with Gasteiger partial charge < -0.3 is 9.73 Å². The van der Waals surface area contributed by atoms with Crippen molar-refractivity contribution >= 4 is 23.6 Å². The molecule has 1 amide bonds. The summed E-state index contributed by atoms with van der Waals surface area (Å²) < 4.78 is 43.0. The van der Waals surface area contributed by atoms with Crippen LogP contribution in [0.4, 0.5) is 13.2 Å². The SMILES string of the molecule is O=C(/C=C/c1cc(C(F)(F)F)ccc1Cl)NCCc1ccco1. The Morgan fingerprint density at radius 1 is 1.30 bits per heavy atom. The second-order valence-corrected chi connectivity index (χ2v) is 5.09. The first kappa shape index (κ1) is 17.1. The van der Waals surface area contributed by atoms with Crippen molar-refractivity contribution in [2.24, 2.45) is 0 Å². The van der Waals surface area contributed by atoms with Crippen molar-refractivity contribution in [2.75, 3.05) is 6.54 Å². The lowest BCUT2D eigenvalue weighted by molar-refractivity contribution is -0.137. The molecule has 0 saturated heterocycles. The van der Waals surface area contributed by atoms with Gasteiger partial charge in [-0.2, -0.15) is 13.2 Å². The average molecular weight is 344 g/mol. The molecule has 0 aliphatic carbocycles. The van der Waals surface area contributed by atoms with Gasteiger partial charge >= 0.3 is 6.18 Å². The summed E-state index contributed by atoms with van der Waals surface area (Å²) in [4.78, 5) is 11.6. The van der Waals surface area contributed by atoms with Gasteiger partial charge in [0, 0.05) is 24.1 Å². The third kappa shape index (κ3) is 5.17. The van der Waals surface area contributed by atoms with E-state index in [2.05, 4.69) is 5.32 Å². The zero-order valence-electron chi connectivity index (χ0n) is 11.9. The second-order valence-electron chi connectivity index (χ2n) is 4.69. The summed E-state index contributed by atoms with van der Waals surface area (Å²) in [5.74, 6) is 0.306. The first-order valence-electron chi connectivity index (χ1n) is 6.71. The van der Waals surface area contributed by atoms with Gasteiger partial charge in [-0.15, -0.1) is 0 Å². The lowest BCUT2D eigenvalue weighted by Crippen LogP contribution is -2.23. The highest BCUT2D eigenvalue weighted by atomic mass is 35.5. The molecule has 2 aromatic rings. The fourth-order valence-electron chi connectivity index (χ4n) is 1.84. The van der Waals surface area contributed by atoms with Crippen LogP contribution in [0.15, 0.2) is 47.1 Å². The molecule has 0 fully saturated rings. The van der Waals surface area contributed by atoms with Gasteiger partial charge in [0.2, 0.25) is 5.91 Å². The van der Waals surface area contributed by atoms with Crippen molar-refractivity contribution in [3.05, 3.63) is 64.6 Å². The molecule has 0 atom stereocenters. The number of alkyl halides is 3. The van der Waals surface area contributed by atoms with Crippen LogP contribution in [0.25, 0.3) is 6.08 Å². The van der Waals surface area contributed by atoms with Crippen molar-refractivity contribution in [2.45, 2.75) is 12.6 Å². The average Bonchev–Trinajstić information content (AvgIpc) is 2.98. The fraction of sp³-hybridized carbons (Fsp3) is 0.188. The Kier molecular flexibility index (Phi) is 5.50. The highest BCUT2D eigenvalue weighted by molar-refractivity contribution is 6.32. The number of hydrogen-bond donors (Lipinski definition) is 1. The minimum atomic E-state index is -4.46. The minimum Gasteiger partial charge on any atom is -0.469 e. The van der Waals surface area contributed by atoms with E-state index in [9.17, 15) is 18.0 Å². The molecular weight excluding hydrogens is 331 g/mol. The van der Waals surface area contributed by atoms with Gasteiger partial charge in [0.15, 0.2) is 0 Å². The summed E-state index contributed by atoms with van der Waals surface area (Å²) in [6.45, 7) is 0.354. The molecule has 0 unspecified atom stereocenters. The van der Waals surface area contributed by atoms with Crippen LogP contribution < -0.4 is 5.32 Å². The number of carbonyl (C=O) groups excluding carboxylic acids is 1. The van der Waals surface area contributed by atoms with Gasteiger partial charge in [0.05, 0.1) is 11.8 Å². The van der Waals surface area contributed by atoms with Gasteiger partial charge in [-0.25, -0.2) is 0 Å². The molecule has 0 radical (unpaired) electrons. The molecule has 1 N–H and O–H groups in total. The maximum absolute atomic E-state index is 12.6. The van der Waals surface area contributed by atoms with Crippen LogP contribution in [0, 0.1) is 0 Å². The summed E-state index contributed by atoms with van der Waals surface area (Å²) in [7, 11) is 0. The minimum absolute atomic E-state index is 0.127. The van der Waals surface area contributed by atoms with Crippen molar-refractivity contribution in [1.29, 1.82) is 0 Å². The monoisotopic (exact) mass is 343 g/mol. The Bertz CT molecular complexity index is 694. The molecule has 2 rings (SSSR count). The van der Waals surface area contributed by atoms with Crippen molar-refractivity contribution < 1.29 is 22.4 Å². The van der Waals surface area contributed by atoms with Gasteiger partial charge in [-0.05, 0) is 42.0 Å². The van der Waals surface area contributed by atoms with E-state index >= 15 is 0 Å². The van der Waals surface area contributed by atoms with E-state index in [0.29, 0.717) is 13.0 Å². The third-order valence-electron chi connectivity index (χ3n) is 2.99. The molecule has 0 saturated carbocycles. The Hall–Kier alpha value is -2.21. The number of halogens is 4. The summed E-state index contributed by atoms with van der Waals surface area (Å²) in [6.07, 6.45) is -0.00856. The number of nitrogens with one attached hydrogen (secondary N) is 1. The van der Waals surface area contributed by atoms with Gasteiger partial charge in [0.25, 0.3) is 0 Å². The van der Waals surface area contributed by atoms with E-state index in [1.54, 1.807) is 12.1 Å². The summed E-state index contributed by atoms with van der Waals surface area (Å²) in [5.41, 5.74) is -0.692. The number of hydrogen-bond acceptors (Lipinski definition) is 2. The fourth-order valence-corrected chi connectivity index (χ4v) is 2.02. The van der Waals surface area contributed by atoms with E-state index in [1.165, 1.54) is 12.3 Å². The Balaban J connectivity index is 1.95. The van der Waals surface area contributed by atoms with E-state index in [0.717, 1.165) is 30.0 Å². The largest absolute Gasteiger partial charge is 0.469 e. The third-order valence-corrected chi connectivity index (χ3v) is 3.33. The van der Waals surface area contributed by atoms with E-state index in [1.807, 2.05) is 0 Å². The predicted molar refractivity (Wildman–Crippen MR) is 80.9 cm³/mol. The summed E-state index contributed by atoms with van der Waals surface area (Å²) in [5, 5.41) is 2.74. The number of carbonyl (C=O) groups is 1. The molecule has 0 spiro atoms. The molecule has 0 bridgehead atoms.